The van der Waals surface area contributed by atoms with E-state index in [1.807, 2.05) is 6.07 Å². The third-order valence-corrected chi connectivity index (χ3v) is 3.42. The molecule has 1 atom stereocenters. The van der Waals surface area contributed by atoms with Gasteiger partial charge in [0, 0.05) is 17.7 Å². The fourth-order valence-corrected chi connectivity index (χ4v) is 2.46. The van der Waals surface area contributed by atoms with Crippen LogP contribution in [0, 0.1) is 21.4 Å². The van der Waals surface area contributed by atoms with Crippen LogP contribution in [0.2, 0.25) is 0 Å². The third kappa shape index (κ3) is 2.54. The van der Waals surface area contributed by atoms with Crippen LogP contribution in [-0.4, -0.2) is 10.7 Å². The number of nitrogens with two attached hydrogens (primary N) is 1. The van der Waals surface area contributed by atoms with Crippen molar-refractivity contribution < 1.29 is 14.5 Å². The number of rotatable bonds is 3. The number of carbonyl (C=O) groups is 1. The average molecular weight is 299 g/mol. The van der Waals surface area contributed by atoms with Crippen LogP contribution in [0.1, 0.15) is 25.3 Å². The van der Waals surface area contributed by atoms with Crippen LogP contribution in [0.25, 0.3) is 0 Å². The van der Waals surface area contributed by atoms with Gasteiger partial charge in [-0.25, -0.2) is 0 Å². The molecule has 2 rings (SSSR count). The summed E-state index contributed by atoms with van der Waals surface area (Å²) >= 11 is 0. The summed E-state index contributed by atoms with van der Waals surface area (Å²) in [4.78, 5) is 22.1. The molecule has 0 saturated heterocycles. The molecule has 1 heterocycles. The molecule has 1 aliphatic heterocycles. The number of Topliss-reactive ketones (excluding diaryl/α,β-unsaturated/α-hetero) is 1. The lowest BCUT2D eigenvalue weighted by atomic mass is 9.81. The van der Waals surface area contributed by atoms with E-state index >= 15 is 0 Å². The predicted molar refractivity (Wildman–Crippen MR) is 77.1 cm³/mol. The number of benzene rings is 1. The van der Waals surface area contributed by atoms with Crippen LogP contribution >= 0.6 is 0 Å². The van der Waals surface area contributed by atoms with E-state index in [1.54, 1.807) is 6.92 Å². The van der Waals surface area contributed by atoms with Gasteiger partial charge in [-0.2, -0.15) is 5.26 Å². The number of hydrogen-bond donors (Lipinski definition) is 1. The number of nitro benzene ring substituents is 1. The summed E-state index contributed by atoms with van der Waals surface area (Å²) in [6, 6.07) is 7.62. The Balaban J connectivity index is 2.60. The van der Waals surface area contributed by atoms with Crippen molar-refractivity contribution in [2.45, 2.75) is 19.8 Å². The minimum Gasteiger partial charge on any atom is -0.445 e. The topological polar surface area (TPSA) is 119 Å². The summed E-state index contributed by atoms with van der Waals surface area (Å²) in [5.74, 6) is -0.668. The van der Waals surface area contributed by atoms with Crippen molar-refractivity contribution in [3.63, 3.8) is 0 Å². The van der Waals surface area contributed by atoms with Gasteiger partial charge in [0.05, 0.1) is 10.8 Å². The van der Waals surface area contributed by atoms with Crippen molar-refractivity contribution in [2.24, 2.45) is 5.73 Å². The van der Waals surface area contributed by atoms with E-state index in [0.717, 1.165) is 0 Å². The van der Waals surface area contributed by atoms with Gasteiger partial charge in [0.1, 0.15) is 17.4 Å². The maximum absolute atomic E-state index is 11.9. The first kappa shape index (κ1) is 15.3. The number of ether oxygens (including phenoxy) is 1. The Morgan fingerprint density at radius 3 is 2.45 bits per heavy atom. The van der Waals surface area contributed by atoms with Gasteiger partial charge in [-0.05, 0) is 19.4 Å². The molecule has 7 heteroatoms. The van der Waals surface area contributed by atoms with Crippen LogP contribution in [0.15, 0.2) is 47.1 Å². The van der Waals surface area contributed by atoms with E-state index in [9.17, 15) is 20.2 Å². The molecule has 0 aliphatic carbocycles. The van der Waals surface area contributed by atoms with Crippen molar-refractivity contribution in [3.8, 4) is 6.07 Å². The molecule has 1 aromatic carbocycles. The second-order valence-corrected chi connectivity index (χ2v) is 4.80. The number of non-ortho nitro benzene ring substituents is 1. The molecule has 0 spiro atoms. The summed E-state index contributed by atoms with van der Waals surface area (Å²) < 4.78 is 5.26. The quantitative estimate of drug-likeness (QED) is 0.675. The molecule has 0 radical (unpaired) electrons. The highest BCUT2D eigenvalue weighted by Crippen LogP contribution is 2.39. The van der Waals surface area contributed by atoms with E-state index in [0.29, 0.717) is 16.9 Å². The highest BCUT2D eigenvalue weighted by atomic mass is 16.6. The smallest absolute Gasteiger partial charge is 0.269 e. The lowest BCUT2D eigenvalue weighted by Gasteiger charge is -2.26. The largest absolute Gasteiger partial charge is 0.445 e. The molecule has 1 aliphatic rings. The summed E-state index contributed by atoms with van der Waals surface area (Å²) in [6.45, 7) is 2.97. The molecule has 0 amide bonds. The lowest BCUT2D eigenvalue weighted by molar-refractivity contribution is -0.384. The zero-order valence-electron chi connectivity index (χ0n) is 12.0. The van der Waals surface area contributed by atoms with Crippen LogP contribution in [0.3, 0.4) is 0 Å². The van der Waals surface area contributed by atoms with E-state index in [2.05, 4.69) is 0 Å². The van der Waals surface area contributed by atoms with E-state index in [1.165, 1.54) is 31.2 Å². The molecule has 0 unspecified atom stereocenters. The fourth-order valence-electron chi connectivity index (χ4n) is 2.46. The Morgan fingerprint density at radius 2 is 2.00 bits per heavy atom. The highest BCUT2D eigenvalue weighted by molar-refractivity contribution is 5.96. The first-order valence-electron chi connectivity index (χ1n) is 6.40. The summed E-state index contributed by atoms with van der Waals surface area (Å²) in [5, 5.41) is 20.0. The highest BCUT2D eigenvalue weighted by Gasteiger charge is 2.33. The fraction of sp³-hybridized carbons (Fsp3) is 0.200. The number of allylic oxidation sites excluding steroid dienone is 3. The Bertz CT molecular complexity index is 754. The number of hydrogen-bond acceptors (Lipinski definition) is 6. The van der Waals surface area contributed by atoms with E-state index in [4.69, 9.17) is 10.5 Å². The first-order valence-corrected chi connectivity index (χ1v) is 6.40. The lowest BCUT2D eigenvalue weighted by Crippen LogP contribution is -2.23. The molecular weight excluding hydrogens is 286 g/mol. The van der Waals surface area contributed by atoms with Gasteiger partial charge in [0.2, 0.25) is 5.88 Å². The van der Waals surface area contributed by atoms with Crippen molar-refractivity contribution in [1.29, 1.82) is 5.26 Å². The minimum atomic E-state index is -0.683. The second kappa shape index (κ2) is 5.69. The number of carbonyl (C=O) groups excluding carboxylic acids is 1. The van der Waals surface area contributed by atoms with Crippen molar-refractivity contribution in [1.82, 2.24) is 0 Å². The number of nitriles is 1. The number of ketones is 1. The second-order valence-electron chi connectivity index (χ2n) is 4.80. The van der Waals surface area contributed by atoms with Gasteiger partial charge in [-0.3, -0.25) is 14.9 Å². The average Bonchev–Trinajstić information content (AvgIpc) is 2.46. The first-order chi connectivity index (χ1) is 10.4. The summed E-state index contributed by atoms with van der Waals surface area (Å²) in [6.07, 6.45) is 0. The van der Waals surface area contributed by atoms with Crippen molar-refractivity contribution in [3.05, 3.63) is 62.7 Å². The molecule has 1 aromatic rings. The molecule has 0 aromatic heterocycles. The Kier molecular flexibility index (Phi) is 3.95. The standard InChI is InChI=1S/C15H13N3O4/c1-8(19)13-9(2)22-15(17)12(7-16)14(13)10-3-5-11(6-4-10)18(20)21/h3-6,14H,17H2,1-2H3/t14-/m0/s1. The maximum Gasteiger partial charge on any atom is 0.269 e. The van der Waals surface area contributed by atoms with Crippen molar-refractivity contribution in [2.75, 3.05) is 0 Å². The van der Waals surface area contributed by atoms with Gasteiger partial charge in [0.15, 0.2) is 5.78 Å². The molecule has 0 fully saturated rings. The van der Waals surface area contributed by atoms with Gasteiger partial charge >= 0.3 is 0 Å². The zero-order chi connectivity index (χ0) is 16.4. The third-order valence-electron chi connectivity index (χ3n) is 3.42. The molecule has 22 heavy (non-hydrogen) atoms. The normalized spacial score (nSPS) is 17.8. The van der Waals surface area contributed by atoms with Gasteiger partial charge < -0.3 is 10.5 Å². The monoisotopic (exact) mass is 299 g/mol. The van der Waals surface area contributed by atoms with Crippen LogP contribution < -0.4 is 5.73 Å². The van der Waals surface area contributed by atoms with Gasteiger partial charge in [-0.15, -0.1) is 0 Å². The SMILES string of the molecule is CC(=O)C1=C(C)OC(N)=C(C#N)[C@@H]1c1ccc([N+](=O)[O-])cc1. The number of nitro groups is 1. The Labute approximate surface area is 126 Å². The number of nitrogens with zero attached hydrogens (tertiary/aromatic N) is 2. The van der Waals surface area contributed by atoms with Gasteiger partial charge in [0.25, 0.3) is 5.69 Å². The molecule has 2 N–H and O–H groups in total. The van der Waals surface area contributed by atoms with Crippen LogP contribution in [0.4, 0.5) is 5.69 Å². The van der Waals surface area contributed by atoms with E-state index in [-0.39, 0.29) is 22.9 Å². The minimum absolute atomic E-state index is 0.0617. The zero-order valence-corrected chi connectivity index (χ0v) is 12.0. The predicted octanol–water partition coefficient (Wildman–Crippen LogP) is 2.27. The van der Waals surface area contributed by atoms with Crippen molar-refractivity contribution >= 4 is 11.5 Å². The van der Waals surface area contributed by atoms with Gasteiger partial charge in [-0.1, -0.05) is 12.1 Å². The van der Waals surface area contributed by atoms with Crippen LogP contribution in [0.5, 0.6) is 0 Å². The Hall–Kier alpha value is -3.14. The maximum atomic E-state index is 11.9. The van der Waals surface area contributed by atoms with E-state index < -0.39 is 10.8 Å². The molecule has 0 saturated carbocycles. The summed E-state index contributed by atoms with van der Waals surface area (Å²) in [7, 11) is 0. The molecule has 112 valence electrons. The molecular formula is C15H13N3O4. The Morgan fingerprint density at radius 1 is 1.41 bits per heavy atom. The molecule has 7 nitrogen and oxygen atoms in total. The van der Waals surface area contributed by atoms with Crippen LogP contribution in [-0.2, 0) is 9.53 Å². The molecule has 0 bridgehead atoms. The summed E-state index contributed by atoms with van der Waals surface area (Å²) in [5.41, 5.74) is 6.66.